The Labute approximate surface area is 327 Å². The van der Waals surface area contributed by atoms with Gasteiger partial charge in [0.15, 0.2) is 0 Å². The summed E-state index contributed by atoms with van der Waals surface area (Å²) in [7, 11) is 0. The standard InChI is InChI=1S/C54H37NO/c1-4-16-38(17-5-1)39-30-34-43(35-31-39)55(44-36-32-42(33-37-44)47-26-15-29-52-54(47)49-24-12-13-28-51(49)56-52)50-27-14-25-46(41-20-8-3-9-21-41)53(50)48-23-11-10-22-45(48)40-18-6-2-7-19-40/h1-37H. The summed E-state index contributed by atoms with van der Waals surface area (Å²) in [4.78, 5) is 2.41. The topological polar surface area (TPSA) is 16.4 Å². The molecule has 0 saturated carbocycles. The lowest BCUT2D eigenvalue weighted by molar-refractivity contribution is 0.669. The van der Waals surface area contributed by atoms with Gasteiger partial charge in [-0.2, -0.15) is 0 Å². The maximum absolute atomic E-state index is 6.27. The van der Waals surface area contributed by atoms with E-state index in [2.05, 4.69) is 217 Å². The predicted molar refractivity (Wildman–Crippen MR) is 236 cm³/mol. The van der Waals surface area contributed by atoms with Crippen LogP contribution in [0.3, 0.4) is 0 Å². The molecule has 0 atom stereocenters. The first kappa shape index (κ1) is 33.2. The van der Waals surface area contributed by atoms with Gasteiger partial charge in [-0.25, -0.2) is 0 Å². The Morgan fingerprint density at radius 3 is 1.41 bits per heavy atom. The number of para-hydroxylation sites is 1. The zero-order valence-electron chi connectivity index (χ0n) is 30.7. The molecule has 10 rings (SSSR count). The predicted octanol–water partition coefficient (Wildman–Crippen LogP) is 15.4. The molecule has 2 nitrogen and oxygen atoms in total. The second kappa shape index (κ2) is 14.4. The number of anilines is 3. The molecule has 0 N–H and O–H groups in total. The van der Waals surface area contributed by atoms with E-state index in [0.29, 0.717) is 0 Å². The third-order valence-electron chi connectivity index (χ3n) is 10.7. The average molecular weight is 716 g/mol. The Bertz CT molecular complexity index is 2930. The second-order valence-corrected chi connectivity index (χ2v) is 14.0. The van der Waals surface area contributed by atoms with Gasteiger partial charge >= 0.3 is 0 Å². The van der Waals surface area contributed by atoms with Crippen LogP contribution in [0.5, 0.6) is 0 Å². The van der Waals surface area contributed by atoms with Crippen LogP contribution in [0, 0.1) is 0 Å². The van der Waals surface area contributed by atoms with Crippen LogP contribution in [0.2, 0.25) is 0 Å². The van der Waals surface area contributed by atoms with E-state index in [-0.39, 0.29) is 0 Å². The number of fused-ring (bicyclic) bond motifs is 3. The Hall–Kier alpha value is -7.42. The van der Waals surface area contributed by atoms with E-state index in [9.17, 15) is 0 Å². The van der Waals surface area contributed by atoms with Gasteiger partial charge < -0.3 is 9.32 Å². The summed E-state index contributed by atoms with van der Waals surface area (Å²) in [5.74, 6) is 0. The molecule has 264 valence electrons. The van der Waals surface area contributed by atoms with Crippen molar-refractivity contribution < 1.29 is 4.42 Å². The molecule has 1 heterocycles. The molecule has 0 aliphatic carbocycles. The van der Waals surface area contributed by atoms with E-state index in [1.165, 1.54) is 44.5 Å². The van der Waals surface area contributed by atoms with Gasteiger partial charge in [0.25, 0.3) is 0 Å². The number of furan rings is 1. The molecule has 0 amide bonds. The molecule has 0 spiro atoms. The van der Waals surface area contributed by atoms with E-state index in [1.54, 1.807) is 0 Å². The molecule has 2 heteroatoms. The molecular formula is C54H37NO. The summed E-state index contributed by atoms with van der Waals surface area (Å²) in [6.45, 7) is 0. The minimum atomic E-state index is 0.896. The van der Waals surface area contributed by atoms with E-state index < -0.39 is 0 Å². The number of benzene rings is 9. The van der Waals surface area contributed by atoms with Crippen molar-refractivity contribution in [1.29, 1.82) is 0 Å². The van der Waals surface area contributed by atoms with Crippen molar-refractivity contribution in [2.24, 2.45) is 0 Å². The molecule has 1 aromatic heterocycles. The number of hydrogen-bond donors (Lipinski definition) is 0. The summed E-state index contributed by atoms with van der Waals surface area (Å²) >= 11 is 0. The van der Waals surface area contributed by atoms with Crippen LogP contribution < -0.4 is 4.90 Å². The van der Waals surface area contributed by atoms with Crippen LogP contribution >= 0.6 is 0 Å². The van der Waals surface area contributed by atoms with Gasteiger partial charge in [0, 0.05) is 27.7 Å². The molecule has 0 aliphatic heterocycles. The van der Waals surface area contributed by atoms with Gasteiger partial charge in [0.1, 0.15) is 11.2 Å². The maximum Gasteiger partial charge on any atom is 0.136 e. The fraction of sp³-hybridized carbons (Fsp3) is 0. The number of rotatable bonds is 8. The van der Waals surface area contributed by atoms with Crippen LogP contribution in [0.1, 0.15) is 0 Å². The van der Waals surface area contributed by atoms with Gasteiger partial charge in [-0.3, -0.25) is 0 Å². The lowest BCUT2D eigenvalue weighted by Crippen LogP contribution is -2.12. The zero-order chi connectivity index (χ0) is 37.3. The highest BCUT2D eigenvalue weighted by Crippen LogP contribution is 2.48. The molecular weight excluding hydrogens is 679 g/mol. The molecule has 0 aliphatic rings. The van der Waals surface area contributed by atoms with Crippen LogP contribution in [-0.2, 0) is 0 Å². The minimum absolute atomic E-state index is 0.896. The summed E-state index contributed by atoms with van der Waals surface area (Å²) in [5.41, 5.74) is 16.8. The fourth-order valence-electron chi connectivity index (χ4n) is 8.10. The maximum atomic E-state index is 6.27. The Balaban J connectivity index is 1.19. The summed E-state index contributed by atoms with van der Waals surface area (Å²) in [6.07, 6.45) is 0. The van der Waals surface area contributed by atoms with Crippen LogP contribution in [0.4, 0.5) is 17.1 Å². The summed E-state index contributed by atoms with van der Waals surface area (Å²) in [6, 6.07) is 80.1. The van der Waals surface area contributed by atoms with Crippen molar-refractivity contribution in [1.82, 2.24) is 0 Å². The van der Waals surface area contributed by atoms with Gasteiger partial charge in [-0.05, 0) is 92.5 Å². The second-order valence-electron chi connectivity index (χ2n) is 14.0. The van der Waals surface area contributed by atoms with Crippen molar-refractivity contribution in [3.63, 3.8) is 0 Å². The molecule has 0 unspecified atom stereocenters. The highest BCUT2D eigenvalue weighted by atomic mass is 16.3. The molecule has 0 bridgehead atoms. The van der Waals surface area contributed by atoms with E-state index in [4.69, 9.17) is 4.42 Å². The van der Waals surface area contributed by atoms with Crippen molar-refractivity contribution in [3.05, 3.63) is 224 Å². The Morgan fingerprint density at radius 1 is 0.286 bits per heavy atom. The SMILES string of the molecule is c1ccc(-c2ccc(N(c3ccc(-c4cccc5oc6ccccc6c45)cc3)c3cccc(-c4ccccc4)c3-c3ccccc3-c3ccccc3)cc2)cc1. The van der Waals surface area contributed by atoms with Gasteiger partial charge in [0.2, 0.25) is 0 Å². The molecule has 9 aromatic carbocycles. The van der Waals surface area contributed by atoms with Crippen molar-refractivity contribution >= 4 is 39.0 Å². The van der Waals surface area contributed by atoms with Gasteiger partial charge in [-0.1, -0.05) is 182 Å². The summed E-state index contributed by atoms with van der Waals surface area (Å²) in [5, 5.41) is 2.27. The lowest BCUT2D eigenvalue weighted by Gasteiger charge is -2.30. The number of hydrogen-bond acceptors (Lipinski definition) is 2. The molecule has 0 radical (unpaired) electrons. The van der Waals surface area contributed by atoms with E-state index in [1.807, 2.05) is 12.1 Å². The van der Waals surface area contributed by atoms with Crippen LogP contribution in [-0.4, -0.2) is 0 Å². The highest BCUT2D eigenvalue weighted by Gasteiger charge is 2.23. The third-order valence-corrected chi connectivity index (χ3v) is 10.7. The Morgan fingerprint density at radius 2 is 0.732 bits per heavy atom. The fourth-order valence-corrected chi connectivity index (χ4v) is 8.10. The minimum Gasteiger partial charge on any atom is -0.456 e. The zero-order valence-corrected chi connectivity index (χ0v) is 30.7. The lowest BCUT2D eigenvalue weighted by atomic mass is 9.87. The normalized spacial score (nSPS) is 11.2. The van der Waals surface area contributed by atoms with Crippen LogP contribution in [0.15, 0.2) is 229 Å². The van der Waals surface area contributed by atoms with Gasteiger partial charge in [0.05, 0.1) is 5.69 Å². The number of nitrogens with zero attached hydrogens (tertiary/aromatic N) is 1. The van der Waals surface area contributed by atoms with Crippen molar-refractivity contribution in [2.75, 3.05) is 4.90 Å². The van der Waals surface area contributed by atoms with E-state index >= 15 is 0 Å². The third kappa shape index (κ3) is 6.04. The summed E-state index contributed by atoms with van der Waals surface area (Å²) < 4.78 is 6.27. The molecule has 0 fully saturated rings. The largest absolute Gasteiger partial charge is 0.456 e. The van der Waals surface area contributed by atoms with Gasteiger partial charge in [-0.15, -0.1) is 0 Å². The smallest absolute Gasteiger partial charge is 0.136 e. The van der Waals surface area contributed by atoms with Crippen molar-refractivity contribution in [3.8, 4) is 55.6 Å². The average Bonchev–Trinajstić information content (AvgIpc) is 3.67. The quantitative estimate of drug-likeness (QED) is 0.156. The first-order valence-corrected chi connectivity index (χ1v) is 19.1. The van der Waals surface area contributed by atoms with E-state index in [0.717, 1.165) is 50.1 Å². The first-order valence-electron chi connectivity index (χ1n) is 19.1. The van der Waals surface area contributed by atoms with Crippen molar-refractivity contribution in [2.45, 2.75) is 0 Å². The monoisotopic (exact) mass is 715 g/mol. The molecule has 0 saturated heterocycles. The molecule has 10 aromatic rings. The Kier molecular flexibility index (Phi) is 8.55. The van der Waals surface area contributed by atoms with Crippen LogP contribution in [0.25, 0.3) is 77.6 Å². The highest BCUT2D eigenvalue weighted by molar-refractivity contribution is 6.12. The molecule has 56 heavy (non-hydrogen) atoms. The first-order chi connectivity index (χ1) is 27.8.